The first-order chi connectivity index (χ1) is 8.06. The summed E-state index contributed by atoms with van der Waals surface area (Å²) in [6, 6.07) is 1.30. The molecule has 4 nitrogen and oxygen atoms in total. The van der Waals surface area contributed by atoms with Crippen LogP contribution < -0.4 is 11.1 Å². The first-order valence-corrected chi connectivity index (χ1v) is 6.11. The third-order valence-corrected chi connectivity index (χ3v) is 2.85. The molecule has 0 fully saturated rings. The Morgan fingerprint density at radius 3 is 2.94 bits per heavy atom. The molecule has 5 heteroatoms. The van der Waals surface area contributed by atoms with Gasteiger partial charge in [-0.2, -0.15) is 0 Å². The monoisotopic (exact) mass is 255 g/mol. The third kappa shape index (κ3) is 3.98. The molecule has 1 aromatic rings. The Bertz CT molecular complexity index is 375. The zero-order valence-corrected chi connectivity index (χ0v) is 10.9. The van der Waals surface area contributed by atoms with Gasteiger partial charge >= 0.3 is 0 Å². The SMILES string of the molecule is CCCC[C@H](N)C(=O)Nc1c(C)ccnc1Cl. The van der Waals surface area contributed by atoms with Gasteiger partial charge in [0.25, 0.3) is 0 Å². The summed E-state index contributed by atoms with van der Waals surface area (Å²) in [5.41, 5.74) is 7.20. The predicted molar refractivity (Wildman–Crippen MR) is 70.1 cm³/mol. The molecule has 3 N–H and O–H groups in total. The van der Waals surface area contributed by atoms with Gasteiger partial charge in [0.05, 0.1) is 11.7 Å². The molecule has 0 aliphatic rings. The quantitative estimate of drug-likeness (QED) is 0.795. The number of hydrogen-bond acceptors (Lipinski definition) is 3. The van der Waals surface area contributed by atoms with E-state index in [4.69, 9.17) is 17.3 Å². The van der Waals surface area contributed by atoms with E-state index in [2.05, 4.69) is 17.2 Å². The van der Waals surface area contributed by atoms with Gasteiger partial charge < -0.3 is 11.1 Å². The van der Waals surface area contributed by atoms with Crippen LogP contribution in [0.15, 0.2) is 12.3 Å². The summed E-state index contributed by atoms with van der Waals surface area (Å²) in [5.74, 6) is -0.212. The van der Waals surface area contributed by atoms with Crippen LogP contribution in [0, 0.1) is 6.92 Å². The number of nitrogens with zero attached hydrogens (tertiary/aromatic N) is 1. The van der Waals surface area contributed by atoms with Crippen LogP contribution in [0.3, 0.4) is 0 Å². The van der Waals surface area contributed by atoms with E-state index >= 15 is 0 Å². The van der Waals surface area contributed by atoms with Gasteiger partial charge in [0.2, 0.25) is 5.91 Å². The lowest BCUT2D eigenvalue weighted by Crippen LogP contribution is -2.35. The zero-order valence-electron chi connectivity index (χ0n) is 10.2. The number of nitrogens with one attached hydrogen (secondary N) is 1. The summed E-state index contributed by atoms with van der Waals surface area (Å²) in [7, 11) is 0. The van der Waals surface area contributed by atoms with Crippen molar-refractivity contribution in [1.29, 1.82) is 0 Å². The number of unbranched alkanes of at least 4 members (excludes halogenated alkanes) is 1. The number of pyridine rings is 1. The largest absolute Gasteiger partial charge is 0.322 e. The Morgan fingerprint density at radius 1 is 1.65 bits per heavy atom. The Hall–Kier alpha value is -1.13. The van der Waals surface area contributed by atoms with Gasteiger partial charge in [-0.05, 0) is 25.0 Å². The van der Waals surface area contributed by atoms with Crippen molar-refractivity contribution < 1.29 is 4.79 Å². The van der Waals surface area contributed by atoms with E-state index < -0.39 is 6.04 Å². The number of carbonyl (C=O) groups excluding carboxylic acids is 1. The molecule has 1 atom stereocenters. The van der Waals surface area contributed by atoms with Crippen molar-refractivity contribution in [2.45, 2.75) is 39.2 Å². The summed E-state index contributed by atoms with van der Waals surface area (Å²) in [4.78, 5) is 15.7. The fourth-order valence-corrected chi connectivity index (χ4v) is 1.70. The molecule has 0 saturated heterocycles. The number of nitrogens with two attached hydrogens (primary N) is 1. The summed E-state index contributed by atoms with van der Waals surface area (Å²) in [5, 5.41) is 3.02. The second kappa shape index (κ2) is 6.57. The molecule has 1 rings (SSSR count). The van der Waals surface area contributed by atoms with Crippen LogP contribution in [0.5, 0.6) is 0 Å². The van der Waals surface area contributed by atoms with E-state index in [1.54, 1.807) is 12.3 Å². The molecule has 0 saturated carbocycles. The minimum Gasteiger partial charge on any atom is -0.322 e. The van der Waals surface area contributed by atoms with Crippen LogP contribution in [-0.2, 0) is 4.79 Å². The molecule has 1 heterocycles. The highest BCUT2D eigenvalue weighted by Gasteiger charge is 2.15. The molecule has 0 aliphatic heterocycles. The first-order valence-electron chi connectivity index (χ1n) is 5.73. The second-order valence-electron chi connectivity index (χ2n) is 4.03. The van der Waals surface area contributed by atoms with Crippen molar-refractivity contribution in [2.24, 2.45) is 5.73 Å². The average molecular weight is 256 g/mol. The van der Waals surface area contributed by atoms with Gasteiger partial charge in [0.1, 0.15) is 0 Å². The molecule has 0 aromatic carbocycles. The molecular formula is C12H18ClN3O. The van der Waals surface area contributed by atoms with Gasteiger partial charge in [-0.15, -0.1) is 0 Å². The van der Waals surface area contributed by atoms with Crippen LogP contribution in [0.4, 0.5) is 5.69 Å². The molecule has 1 amide bonds. The Balaban J connectivity index is 2.68. The molecule has 17 heavy (non-hydrogen) atoms. The lowest BCUT2D eigenvalue weighted by Gasteiger charge is -2.13. The first kappa shape index (κ1) is 13.9. The van der Waals surface area contributed by atoms with E-state index in [0.29, 0.717) is 17.3 Å². The Labute approximate surface area is 107 Å². The molecule has 1 aromatic heterocycles. The van der Waals surface area contributed by atoms with E-state index in [0.717, 1.165) is 18.4 Å². The zero-order chi connectivity index (χ0) is 12.8. The maximum atomic E-state index is 11.8. The fourth-order valence-electron chi connectivity index (χ4n) is 1.45. The predicted octanol–water partition coefficient (Wildman–Crippen LogP) is 2.50. The number of anilines is 1. The van der Waals surface area contributed by atoms with Crippen LogP contribution >= 0.6 is 11.6 Å². The molecule has 0 bridgehead atoms. The summed E-state index contributed by atoms with van der Waals surface area (Å²) < 4.78 is 0. The second-order valence-corrected chi connectivity index (χ2v) is 4.39. The molecular weight excluding hydrogens is 238 g/mol. The van der Waals surface area contributed by atoms with Gasteiger partial charge in [-0.25, -0.2) is 4.98 Å². The van der Waals surface area contributed by atoms with Gasteiger partial charge in [0.15, 0.2) is 5.15 Å². The number of amides is 1. The normalized spacial score (nSPS) is 12.2. The van der Waals surface area contributed by atoms with Crippen molar-refractivity contribution in [3.8, 4) is 0 Å². The van der Waals surface area contributed by atoms with Crippen LogP contribution in [-0.4, -0.2) is 16.9 Å². The van der Waals surface area contributed by atoms with E-state index in [-0.39, 0.29) is 5.91 Å². The highest BCUT2D eigenvalue weighted by atomic mass is 35.5. The number of halogens is 1. The minimum atomic E-state index is -0.495. The number of hydrogen-bond donors (Lipinski definition) is 2. The van der Waals surface area contributed by atoms with Gasteiger partial charge in [-0.3, -0.25) is 4.79 Å². The average Bonchev–Trinajstić information content (AvgIpc) is 2.30. The third-order valence-electron chi connectivity index (χ3n) is 2.57. The minimum absolute atomic E-state index is 0.212. The molecule has 0 radical (unpaired) electrons. The highest BCUT2D eigenvalue weighted by molar-refractivity contribution is 6.32. The lowest BCUT2D eigenvalue weighted by molar-refractivity contribution is -0.117. The van der Waals surface area contributed by atoms with E-state index in [1.807, 2.05) is 6.92 Å². The van der Waals surface area contributed by atoms with Crippen LogP contribution in [0.25, 0.3) is 0 Å². The molecule has 0 spiro atoms. The number of carbonyl (C=O) groups is 1. The van der Waals surface area contributed by atoms with Gasteiger partial charge in [0, 0.05) is 6.20 Å². The van der Waals surface area contributed by atoms with Crippen molar-refractivity contribution in [2.75, 3.05) is 5.32 Å². The van der Waals surface area contributed by atoms with E-state index in [9.17, 15) is 4.79 Å². The maximum Gasteiger partial charge on any atom is 0.241 e. The van der Waals surface area contributed by atoms with Crippen LogP contribution in [0.2, 0.25) is 5.15 Å². The van der Waals surface area contributed by atoms with Gasteiger partial charge in [-0.1, -0.05) is 31.4 Å². The van der Waals surface area contributed by atoms with Crippen molar-refractivity contribution in [1.82, 2.24) is 4.98 Å². The van der Waals surface area contributed by atoms with Crippen LogP contribution in [0.1, 0.15) is 31.7 Å². The smallest absolute Gasteiger partial charge is 0.241 e. The van der Waals surface area contributed by atoms with Crippen molar-refractivity contribution in [3.05, 3.63) is 23.0 Å². The molecule has 94 valence electrons. The highest BCUT2D eigenvalue weighted by Crippen LogP contribution is 2.22. The fraction of sp³-hybridized carbons (Fsp3) is 0.500. The lowest BCUT2D eigenvalue weighted by atomic mass is 10.1. The standard InChI is InChI=1S/C12H18ClN3O/c1-3-4-5-9(14)12(17)16-10-8(2)6-7-15-11(10)13/h6-7,9H,3-5,14H2,1-2H3,(H,16,17)/t9-/m0/s1. The maximum absolute atomic E-state index is 11.8. The van der Waals surface area contributed by atoms with E-state index in [1.165, 1.54) is 0 Å². The Kier molecular flexibility index (Phi) is 5.38. The van der Waals surface area contributed by atoms with Crippen molar-refractivity contribution in [3.63, 3.8) is 0 Å². The number of aromatic nitrogens is 1. The molecule has 0 unspecified atom stereocenters. The topological polar surface area (TPSA) is 68.0 Å². The van der Waals surface area contributed by atoms with Crippen molar-refractivity contribution >= 4 is 23.2 Å². The number of aryl methyl sites for hydroxylation is 1. The number of rotatable bonds is 5. The Morgan fingerprint density at radius 2 is 2.35 bits per heavy atom. The summed E-state index contributed by atoms with van der Waals surface area (Å²) >= 11 is 5.92. The summed E-state index contributed by atoms with van der Waals surface area (Å²) in [6.45, 7) is 3.92. The molecule has 0 aliphatic carbocycles. The summed E-state index contributed by atoms with van der Waals surface area (Å²) in [6.07, 6.45) is 4.24.